The Bertz CT molecular complexity index is 646. The lowest BCUT2D eigenvalue weighted by molar-refractivity contribution is -0.0963. The molecule has 3 heteroatoms. The molecular weight excluding hydrogens is 248 g/mol. The van der Waals surface area contributed by atoms with E-state index in [1.165, 1.54) is 22.2 Å². The van der Waals surface area contributed by atoms with Crippen molar-refractivity contribution in [2.75, 3.05) is 6.61 Å². The number of nitrogens with two attached hydrogens (primary N) is 1. The highest BCUT2D eigenvalue weighted by Gasteiger charge is 2.45. The van der Waals surface area contributed by atoms with Crippen LogP contribution in [0.3, 0.4) is 0 Å². The first-order chi connectivity index (χ1) is 9.60. The third-order valence-electron chi connectivity index (χ3n) is 5.20. The molecule has 1 aliphatic carbocycles. The fourth-order valence-corrected chi connectivity index (χ4v) is 3.89. The van der Waals surface area contributed by atoms with E-state index in [0.717, 1.165) is 38.7 Å². The van der Waals surface area contributed by atoms with Crippen LogP contribution in [-0.2, 0) is 16.8 Å². The molecule has 0 bridgehead atoms. The molecular formula is C17H22N2O. The summed E-state index contributed by atoms with van der Waals surface area (Å²) in [5.74, 6) is 0. The van der Waals surface area contributed by atoms with Gasteiger partial charge in [0.2, 0.25) is 0 Å². The molecule has 0 atom stereocenters. The number of fused-ring (bicyclic) bond motifs is 4. The van der Waals surface area contributed by atoms with Crippen molar-refractivity contribution in [3.63, 3.8) is 0 Å². The van der Waals surface area contributed by atoms with Crippen LogP contribution in [-0.4, -0.2) is 17.1 Å². The molecule has 1 spiro atoms. The molecule has 0 amide bonds. The zero-order valence-electron chi connectivity index (χ0n) is 12.0. The normalized spacial score (nSPS) is 33.5. The van der Waals surface area contributed by atoms with E-state index in [-0.39, 0.29) is 11.1 Å². The number of aromatic nitrogens is 1. The zero-order chi connectivity index (χ0) is 13.8. The standard InChI is InChI=1S/C17H22N2O/c1-16(18)7-9-17(10-8-16)15-13(6-11-20-17)12-4-2-3-5-14(12)19-15/h2-5,19H,6-11,18H2,1H3/t16-,17+. The van der Waals surface area contributed by atoms with Crippen LogP contribution in [0.1, 0.15) is 43.9 Å². The van der Waals surface area contributed by atoms with Crippen molar-refractivity contribution in [2.24, 2.45) is 5.73 Å². The number of benzene rings is 1. The summed E-state index contributed by atoms with van der Waals surface area (Å²) in [5.41, 5.74) is 10.2. The van der Waals surface area contributed by atoms with Gasteiger partial charge in [-0.2, -0.15) is 0 Å². The van der Waals surface area contributed by atoms with Crippen molar-refractivity contribution >= 4 is 10.9 Å². The fourth-order valence-electron chi connectivity index (χ4n) is 3.89. The Hall–Kier alpha value is -1.32. The van der Waals surface area contributed by atoms with Gasteiger partial charge in [0.05, 0.1) is 12.3 Å². The Morgan fingerprint density at radius 1 is 1.15 bits per heavy atom. The van der Waals surface area contributed by atoms with Gasteiger partial charge in [0.25, 0.3) is 0 Å². The Morgan fingerprint density at radius 2 is 1.90 bits per heavy atom. The highest BCUT2D eigenvalue weighted by atomic mass is 16.5. The van der Waals surface area contributed by atoms with E-state index >= 15 is 0 Å². The zero-order valence-corrected chi connectivity index (χ0v) is 12.0. The SMILES string of the molecule is C[C@]1(N)CC[C@]2(CC1)OCCc1c3ccccc3[nH]c12. The third-order valence-corrected chi connectivity index (χ3v) is 5.20. The van der Waals surface area contributed by atoms with Crippen molar-refractivity contribution < 1.29 is 4.74 Å². The minimum Gasteiger partial charge on any atom is -0.368 e. The topological polar surface area (TPSA) is 51.0 Å². The van der Waals surface area contributed by atoms with Crippen LogP contribution in [0.2, 0.25) is 0 Å². The van der Waals surface area contributed by atoms with Gasteiger partial charge in [-0.25, -0.2) is 0 Å². The van der Waals surface area contributed by atoms with E-state index in [9.17, 15) is 0 Å². The maximum absolute atomic E-state index is 6.30. The predicted molar refractivity (Wildman–Crippen MR) is 80.7 cm³/mol. The van der Waals surface area contributed by atoms with Gasteiger partial charge in [0, 0.05) is 16.4 Å². The number of aromatic amines is 1. The number of H-pyrrole nitrogens is 1. The molecule has 1 aliphatic heterocycles. The average Bonchev–Trinajstić information content (AvgIpc) is 2.83. The van der Waals surface area contributed by atoms with Gasteiger partial charge in [-0.05, 0) is 50.7 Å². The number of para-hydroxylation sites is 1. The van der Waals surface area contributed by atoms with E-state index in [1.54, 1.807) is 0 Å². The van der Waals surface area contributed by atoms with Crippen LogP contribution in [0.5, 0.6) is 0 Å². The Labute approximate surface area is 119 Å². The van der Waals surface area contributed by atoms with Crippen LogP contribution in [0, 0.1) is 0 Å². The van der Waals surface area contributed by atoms with Crippen molar-refractivity contribution in [1.82, 2.24) is 4.98 Å². The maximum Gasteiger partial charge on any atom is 0.108 e. The predicted octanol–water partition coefficient (Wildman–Crippen LogP) is 3.23. The van der Waals surface area contributed by atoms with E-state index in [4.69, 9.17) is 10.5 Å². The smallest absolute Gasteiger partial charge is 0.108 e. The molecule has 1 saturated carbocycles. The lowest BCUT2D eigenvalue weighted by Gasteiger charge is -2.45. The van der Waals surface area contributed by atoms with Gasteiger partial charge in [0.1, 0.15) is 5.60 Å². The van der Waals surface area contributed by atoms with Crippen LogP contribution in [0.4, 0.5) is 0 Å². The second-order valence-corrected chi connectivity index (χ2v) is 6.77. The third kappa shape index (κ3) is 1.73. The number of hydrogen-bond donors (Lipinski definition) is 2. The molecule has 1 fully saturated rings. The molecule has 0 unspecified atom stereocenters. The summed E-state index contributed by atoms with van der Waals surface area (Å²) in [6.07, 6.45) is 5.13. The number of rotatable bonds is 0. The summed E-state index contributed by atoms with van der Waals surface area (Å²) in [5, 5.41) is 1.37. The molecule has 4 rings (SSSR count). The molecule has 1 aromatic carbocycles. The summed E-state index contributed by atoms with van der Waals surface area (Å²) >= 11 is 0. The first-order valence-corrected chi connectivity index (χ1v) is 7.63. The summed E-state index contributed by atoms with van der Waals surface area (Å²) in [6, 6.07) is 8.60. The lowest BCUT2D eigenvalue weighted by Crippen LogP contribution is -2.48. The van der Waals surface area contributed by atoms with E-state index in [2.05, 4.69) is 36.2 Å². The molecule has 106 valence electrons. The molecule has 0 radical (unpaired) electrons. The molecule has 3 N–H and O–H groups in total. The fraction of sp³-hybridized carbons (Fsp3) is 0.529. The van der Waals surface area contributed by atoms with Crippen molar-refractivity contribution in [2.45, 2.75) is 50.2 Å². The summed E-state index contributed by atoms with van der Waals surface area (Å²) in [4.78, 5) is 3.64. The highest BCUT2D eigenvalue weighted by Crippen LogP contribution is 2.47. The van der Waals surface area contributed by atoms with Crippen LogP contribution in [0.25, 0.3) is 10.9 Å². The second kappa shape index (κ2) is 4.09. The van der Waals surface area contributed by atoms with Crippen molar-refractivity contribution in [1.29, 1.82) is 0 Å². The van der Waals surface area contributed by atoms with E-state index in [1.807, 2.05) is 0 Å². The quantitative estimate of drug-likeness (QED) is 0.772. The average molecular weight is 270 g/mol. The first kappa shape index (κ1) is 12.4. The van der Waals surface area contributed by atoms with Crippen LogP contribution in [0.15, 0.2) is 24.3 Å². The highest BCUT2D eigenvalue weighted by molar-refractivity contribution is 5.85. The van der Waals surface area contributed by atoms with Gasteiger partial charge >= 0.3 is 0 Å². The Kier molecular flexibility index (Phi) is 2.54. The van der Waals surface area contributed by atoms with Gasteiger partial charge in [-0.15, -0.1) is 0 Å². The Morgan fingerprint density at radius 3 is 2.70 bits per heavy atom. The van der Waals surface area contributed by atoms with Gasteiger partial charge in [-0.1, -0.05) is 18.2 Å². The minimum absolute atomic E-state index is 0.0295. The van der Waals surface area contributed by atoms with Gasteiger partial charge in [-0.3, -0.25) is 0 Å². The number of hydrogen-bond acceptors (Lipinski definition) is 2. The van der Waals surface area contributed by atoms with E-state index < -0.39 is 0 Å². The summed E-state index contributed by atoms with van der Waals surface area (Å²) in [7, 11) is 0. The Balaban J connectivity index is 1.82. The van der Waals surface area contributed by atoms with Gasteiger partial charge < -0.3 is 15.5 Å². The molecule has 2 heterocycles. The summed E-state index contributed by atoms with van der Waals surface area (Å²) < 4.78 is 6.27. The molecule has 1 aromatic heterocycles. The molecule has 20 heavy (non-hydrogen) atoms. The lowest BCUT2D eigenvalue weighted by atomic mass is 9.72. The van der Waals surface area contributed by atoms with Crippen LogP contribution < -0.4 is 5.73 Å². The second-order valence-electron chi connectivity index (χ2n) is 6.77. The van der Waals surface area contributed by atoms with Crippen LogP contribution >= 0.6 is 0 Å². The number of ether oxygens (including phenoxy) is 1. The largest absolute Gasteiger partial charge is 0.368 e. The number of nitrogens with one attached hydrogen (secondary N) is 1. The van der Waals surface area contributed by atoms with E-state index in [0.29, 0.717) is 0 Å². The van der Waals surface area contributed by atoms with Crippen molar-refractivity contribution in [3.05, 3.63) is 35.5 Å². The van der Waals surface area contributed by atoms with Crippen molar-refractivity contribution in [3.8, 4) is 0 Å². The first-order valence-electron chi connectivity index (χ1n) is 7.63. The minimum atomic E-state index is -0.120. The summed E-state index contributed by atoms with van der Waals surface area (Å²) in [6.45, 7) is 2.99. The maximum atomic E-state index is 6.30. The van der Waals surface area contributed by atoms with Gasteiger partial charge in [0.15, 0.2) is 0 Å². The monoisotopic (exact) mass is 270 g/mol. The molecule has 2 aromatic rings. The molecule has 0 saturated heterocycles. The molecule has 2 aliphatic rings. The molecule has 3 nitrogen and oxygen atoms in total.